The average molecular weight is 446 g/mol. The SMILES string of the molecule is CC[C@@H](C)C(=O)N[C@H](C(=O)N1C[C@@H](O)C[C@H]1C(=O)c1c[nH]c2cc(F)ccc12)C(C)(C)C. The second kappa shape index (κ2) is 9.02. The number of fused-ring (bicyclic) bond motifs is 1. The van der Waals surface area contributed by atoms with Gasteiger partial charge in [-0.05, 0) is 30.0 Å². The van der Waals surface area contributed by atoms with E-state index in [4.69, 9.17) is 0 Å². The van der Waals surface area contributed by atoms with Crippen molar-refractivity contribution < 1.29 is 23.9 Å². The van der Waals surface area contributed by atoms with Crippen molar-refractivity contribution >= 4 is 28.5 Å². The van der Waals surface area contributed by atoms with E-state index < -0.39 is 35.3 Å². The molecule has 1 aromatic heterocycles. The Bertz CT molecular complexity index is 1030. The second-order valence-electron chi connectivity index (χ2n) is 9.77. The topological polar surface area (TPSA) is 102 Å². The number of hydrogen-bond donors (Lipinski definition) is 3. The number of nitrogens with one attached hydrogen (secondary N) is 2. The fourth-order valence-corrected chi connectivity index (χ4v) is 4.07. The number of carbonyl (C=O) groups is 3. The van der Waals surface area contributed by atoms with Gasteiger partial charge in [0.2, 0.25) is 11.8 Å². The van der Waals surface area contributed by atoms with Crippen LogP contribution in [0.1, 0.15) is 57.8 Å². The van der Waals surface area contributed by atoms with Crippen LogP contribution in [0.2, 0.25) is 0 Å². The van der Waals surface area contributed by atoms with Gasteiger partial charge in [-0.1, -0.05) is 34.6 Å². The first-order chi connectivity index (χ1) is 14.9. The number of likely N-dealkylation sites (tertiary alicyclic amines) is 1. The van der Waals surface area contributed by atoms with Crippen LogP contribution in [0.15, 0.2) is 24.4 Å². The van der Waals surface area contributed by atoms with E-state index in [1.807, 2.05) is 27.7 Å². The van der Waals surface area contributed by atoms with Crippen molar-refractivity contribution in [1.29, 1.82) is 0 Å². The van der Waals surface area contributed by atoms with Gasteiger partial charge < -0.3 is 20.3 Å². The number of H-pyrrole nitrogens is 1. The van der Waals surface area contributed by atoms with Gasteiger partial charge in [-0.2, -0.15) is 0 Å². The lowest BCUT2D eigenvalue weighted by atomic mass is 9.85. The molecular formula is C24H32FN3O4. The molecule has 0 aliphatic carbocycles. The van der Waals surface area contributed by atoms with Crippen molar-refractivity contribution in [3.05, 3.63) is 35.8 Å². The van der Waals surface area contributed by atoms with Gasteiger partial charge in [-0.15, -0.1) is 0 Å². The third-order valence-corrected chi connectivity index (χ3v) is 6.23. The van der Waals surface area contributed by atoms with Crippen LogP contribution in [-0.4, -0.2) is 57.3 Å². The van der Waals surface area contributed by atoms with Crippen LogP contribution >= 0.6 is 0 Å². The van der Waals surface area contributed by atoms with E-state index in [0.717, 1.165) is 0 Å². The Morgan fingerprint density at radius 2 is 2.00 bits per heavy atom. The van der Waals surface area contributed by atoms with Gasteiger partial charge in [0.1, 0.15) is 11.9 Å². The van der Waals surface area contributed by atoms with Gasteiger partial charge in [0.25, 0.3) is 0 Å². The lowest BCUT2D eigenvalue weighted by Gasteiger charge is -2.35. The predicted octanol–water partition coefficient (Wildman–Crippen LogP) is 3.03. The highest BCUT2D eigenvalue weighted by Crippen LogP contribution is 2.30. The molecule has 0 spiro atoms. The largest absolute Gasteiger partial charge is 0.391 e. The minimum Gasteiger partial charge on any atom is -0.391 e. The molecule has 0 bridgehead atoms. The van der Waals surface area contributed by atoms with Crippen molar-refractivity contribution in [3.63, 3.8) is 0 Å². The molecule has 2 heterocycles. The van der Waals surface area contributed by atoms with E-state index in [-0.39, 0.29) is 30.6 Å². The molecule has 3 N–H and O–H groups in total. The maximum atomic E-state index is 13.6. The van der Waals surface area contributed by atoms with Crippen molar-refractivity contribution in [2.75, 3.05) is 6.54 Å². The number of aliphatic hydroxyl groups is 1. The molecule has 1 saturated heterocycles. The normalized spacial score (nSPS) is 20.9. The molecule has 1 aliphatic rings. The van der Waals surface area contributed by atoms with Gasteiger partial charge >= 0.3 is 0 Å². The fraction of sp³-hybridized carbons (Fsp3) is 0.542. The van der Waals surface area contributed by atoms with Gasteiger partial charge in [0.05, 0.1) is 12.1 Å². The Kier molecular flexibility index (Phi) is 6.74. The average Bonchev–Trinajstić information content (AvgIpc) is 3.32. The zero-order chi connectivity index (χ0) is 23.8. The van der Waals surface area contributed by atoms with Crippen molar-refractivity contribution in [2.45, 2.75) is 65.6 Å². The first-order valence-electron chi connectivity index (χ1n) is 11.0. The van der Waals surface area contributed by atoms with Gasteiger partial charge in [-0.25, -0.2) is 4.39 Å². The predicted molar refractivity (Wildman–Crippen MR) is 120 cm³/mol. The van der Waals surface area contributed by atoms with Crippen LogP contribution in [0, 0.1) is 17.2 Å². The summed E-state index contributed by atoms with van der Waals surface area (Å²) in [6.07, 6.45) is 1.41. The molecule has 2 aromatic rings. The monoisotopic (exact) mass is 445 g/mol. The number of rotatable bonds is 6. The molecule has 4 atom stereocenters. The lowest BCUT2D eigenvalue weighted by molar-refractivity contribution is -0.140. The molecule has 0 unspecified atom stereocenters. The van der Waals surface area contributed by atoms with E-state index in [1.165, 1.54) is 29.3 Å². The standard InChI is InChI=1S/C24H32FN3O4/c1-6-13(2)22(31)27-21(24(3,4)5)23(32)28-12-15(29)10-19(28)20(30)17-11-26-18-9-14(25)7-8-16(17)18/h7-9,11,13,15,19,21,26,29H,6,10,12H2,1-5H3,(H,27,31)/t13-,15+,19+,21-/m1/s1. The number of aromatic amines is 1. The fourth-order valence-electron chi connectivity index (χ4n) is 4.07. The highest BCUT2D eigenvalue weighted by Gasteiger charge is 2.45. The zero-order valence-corrected chi connectivity index (χ0v) is 19.2. The quantitative estimate of drug-likeness (QED) is 0.595. The summed E-state index contributed by atoms with van der Waals surface area (Å²) in [5, 5.41) is 13.7. The lowest BCUT2D eigenvalue weighted by Crippen LogP contribution is -2.57. The number of nitrogens with zero attached hydrogens (tertiary/aromatic N) is 1. The third kappa shape index (κ3) is 4.70. The Labute approximate surface area is 187 Å². The van der Waals surface area contributed by atoms with Gasteiger partial charge in [-0.3, -0.25) is 14.4 Å². The molecule has 2 amide bonds. The van der Waals surface area contributed by atoms with E-state index in [9.17, 15) is 23.9 Å². The number of halogens is 1. The number of amides is 2. The van der Waals surface area contributed by atoms with Crippen LogP contribution in [0.25, 0.3) is 10.9 Å². The summed E-state index contributed by atoms with van der Waals surface area (Å²) >= 11 is 0. The minimum absolute atomic E-state index is 0.0119. The molecule has 3 rings (SSSR count). The molecule has 32 heavy (non-hydrogen) atoms. The maximum absolute atomic E-state index is 13.6. The highest BCUT2D eigenvalue weighted by molar-refractivity contribution is 6.11. The molecule has 7 nitrogen and oxygen atoms in total. The second-order valence-corrected chi connectivity index (χ2v) is 9.77. The first kappa shape index (κ1) is 23.9. The summed E-state index contributed by atoms with van der Waals surface area (Å²) in [5.41, 5.74) is 0.227. The van der Waals surface area contributed by atoms with E-state index in [0.29, 0.717) is 22.9 Å². The molecule has 8 heteroatoms. The van der Waals surface area contributed by atoms with Crippen molar-refractivity contribution in [3.8, 4) is 0 Å². The summed E-state index contributed by atoms with van der Waals surface area (Å²) < 4.78 is 13.5. The third-order valence-electron chi connectivity index (χ3n) is 6.23. The smallest absolute Gasteiger partial charge is 0.246 e. The minimum atomic E-state index is -0.869. The van der Waals surface area contributed by atoms with Crippen LogP contribution in [0.3, 0.4) is 0 Å². The Hall–Kier alpha value is -2.74. The zero-order valence-electron chi connectivity index (χ0n) is 19.2. The number of Topliss-reactive ketones (excluding diaryl/α,β-unsaturated/α-hetero) is 1. The molecule has 1 aromatic carbocycles. The first-order valence-corrected chi connectivity index (χ1v) is 11.0. The summed E-state index contributed by atoms with van der Waals surface area (Å²) in [5.74, 6) is -1.61. The maximum Gasteiger partial charge on any atom is 0.246 e. The molecule has 1 aliphatic heterocycles. The molecule has 0 radical (unpaired) electrons. The summed E-state index contributed by atoms with van der Waals surface area (Å²) in [6.45, 7) is 9.26. The molecule has 174 valence electrons. The van der Waals surface area contributed by atoms with Crippen molar-refractivity contribution in [1.82, 2.24) is 15.2 Å². The Balaban J connectivity index is 1.91. The number of benzene rings is 1. The summed E-state index contributed by atoms with van der Waals surface area (Å²) in [7, 11) is 0. The molecular weight excluding hydrogens is 413 g/mol. The molecule has 1 fully saturated rings. The Morgan fingerprint density at radius 3 is 2.62 bits per heavy atom. The van der Waals surface area contributed by atoms with Crippen molar-refractivity contribution in [2.24, 2.45) is 11.3 Å². The summed E-state index contributed by atoms with van der Waals surface area (Å²) in [4.78, 5) is 43.8. The number of carbonyl (C=O) groups excluding carboxylic acids is 3. The molecule has 0 saturated carbocycles. The Morgan fingerprint density at radius 1 is 1.31 bits per heavy atom. The van der Waals surface area contributed by atoms with Gasteiger partial charge in [0, 0.05) is 41.5 Å². The van der Waals surface area contributed by atoms with E-state index in [2.05, 4.69) is 10.3 Å². The van der Waals surface area contributed by atoms with Crippen LogP contribution in [0.5, 0.6) is 0 Å². The van der Waals surface area contributed by atoms with Gasteiger partial charge in [0.15, 0.2) is 5.78 Å². The highest BCUT2D eigenvalue weighted by atomic mass is 19.1. The number of aromatic nitrogens is 1. The number of ketones is 1. The number of hydrogen-bond acceptors (Lipinski definition) is 4. The van der Waals surface area contributed by atoms with Crippen LogP contribution in [0.4, 0.5) is 4.39 Å². The van der Waals surface area contributed by atoms with E-state index >= 15 is 0 Å². The van der Waals surface area contributed by atoms with Crippen LogP contribution in [-0.2, 0) is 9.59 Å². The van der Waals surface area contributed by atoms with Crippen LogP contribution < -0.4 is 5.32 Å². The summed E-state index contributed by atoms with van der Waals surface area (Å²) in [6, 6.07) is 2.39. The number of aliphatic hydroxyl groups excluding tert-OH is 1. The van der Waals surface area contributed by atoms with E-state index in [1.54, 1.807) is 6.92 Å². The number of β-amino-alcohol motifs (C(OH)–C–C–N with tert-alkyl or cyclic N) is 1.